The number of imidazole rings is 1. The summed E-state index contributed by atoms with van der Waals surface area (Å²) in [4.78, 5) is 4.87. The van der Waals surface area contributed by atoms with Crippen molar-refractivity contribution in [2.24, 2.45) is 0 Å². The van der Waals surface area contributed by atoms with E-state index in [1.54, 1.807) is 6.26 Å². The summed E-state index contributed by atoms with van der Waals surface area (Å²) in [6.07, 6.45) is 3.62. The van der Waals surface area contributed by atoms with Gasteiger partial charge in [0.15, 0.2) is 0 Å². The summed E-state index contributed by atoms with van der Waals surface area (Å²) >= 11 is 0. The van der Waals surface area contributed by atoms with Crippen molar-refractivity contribution in [3.63, 3.8) is 0 Å². The zero-order chi connectivity index (χ0) is 24.3. The number of oxazole rings is 1. The predicted octanol–water partition coefficient (Wildman–Crippen LogP) is 8.51. The normalized spacial score (nSPS) is 11.8. The molecule has 0 saturated carbocycles. The van der Waals surface area contributed by atoms with Crippen LogP contribution in [0.4, 0.5) is 0 Å². The van der Waals surface area contributed by atoms with E-state index in [9.17, 15) is 0 Å². The van der Waals surface area contributed by atoms with E-state index in [0.717, 1.165) is 28.2 Å². The lowest BCUT2D eigenvalue weighted by molar-refractivity contribution is 0.596. The summed E-state index contributed by atoms with van der Waals surface area (Å²) in [5.41, 5.74) is 7.62. The van der Waals surface area contributed by atoms with Gasteiger partial charge in [-0.1, -0.05) is 84.9 Å². The fourth-order valence-corrected chi connectivity index (χ4v) is 5.57. The van der Waals surface area contributed by atoms with E-state index in [1.807, 2.05) is 10.6 Å². The first-order chi connectivity index (χ1) is 18.3. The first-order valence-electron chi connectivity index (χ1n) is 12.4. The van der Waals surface area contributed by atoms with Crippen molar-refractivity contribution in [1.29, 1.82) is 0 Å². The van der Waals surface area contributed by atoms with Crippen LogP contribution in [0.25, 0.3) is 66.6 Å². The molecule has 5 aromatic carbocycles. The Bertz CT molecular complexity index is 2040. The summed E-state index contributed by atoms with van der Waals surface area (Å²) in [6, 6.07) is 40.8. The number of rotatable bonds is 3. The number of aromatic nitrogens is 3. The van der Waals surface area contributed by atoms with Crippen LogP contribution in [0.15, 0.2) is 132 Å². The largest absolute Gasteiger partial charge is 0.432 e. The standard InChI is InChI=1S/C33H21N3O/c1-2-8-24-21-25(14-13-22(24)7-1)31-32(35-19-20-37-33(35)34-31)23-15-17-26(18-16-23)36-29-11-5-3-9-27(29)28-10-4-6-12-30(28)36/h1-21H. The van der Waals surface area contributed by atoms with Crippen molar-refractivity contribution in [3.8, 4) is 28.2 Å². The van der Waals surface area contributed by atoms with Gasteiger partial charge in [0, 0.05) is 33.8 Å². The molecule has 3 aromatic heterocycles. The van der Waals surface area contributed by atoms with E-state index < -0.39 is 0 Å². The fourth-order valence-electron chi connectivity index (χ4n) is 5.57. The maximum atomic E-state index is 5.70. The van der Waals surface area contributed by atoms with E-state index in [2.05, 4.69) is 120 Å². The maximum absolute atomic E-state index is 5.70. The number of fused-ring (bicyclic) bond motifs is 5. The summed E-state index contributed by atoms with van der Waals surface area (Å²) < 4.78 is 10.1. The smallest absolute Gasteiger partial charge is 0.306 e. The van der Waals surface area contributed by atoms with Crippen LogP contribution < -0.4 is 0 Å². The highest BCUT2D eigenvalue weighted by Crippen LogP contribution is 2.36. The number of nitrogens with zero attached hydrogens (tertiary/aromatic N) is 3. The lowest BCUT2D eigenvalue weighted by Crippen LogP contribution is -1.94. The van der Waals surface area contributed by atoms with Crippen molar-refractivity contribution < 1.29 is 4.42 Å². The van der Waals surface area contributed by atoms with Gasteiger partial charge >= 0.3 is 5.84 Å². The van der Waals surface area contributed by atoms with Gasteiger partial charge in [-0.3, -0.25) is 4.40 Å². The van der Waals surface area contributed by atoms with E-state index in [-0.39, 0.29) is 0 Å². The molecule has 8 aromatic rings. The van der Waals surface area contributed by atoms with Crippen molar-refractivity contribution >= 4 is 38.4 Å². The van der Waals surface area contributed by atoms with Gasteiger partial charge in [-0.05, 0) is 41.1 Å². The third kappa shape index (κ3) is 2.99. The molecule has 0 unspecified atom stereocenters. The molecule has 0 N–H and O–H groups in total. The van der Waals surface area contributed by atoms with Crippen molar-refractivity contribution in [2.75, 3.05) is 0 Å². The summed E-state index contributed by atoms with van der Waals surface area (Å²) in [7, 11) is 0. The molecular weight excluding hydrogens is 454 g/mol. The Balaban J connectivity index is 1.31. The molecule has 3 heterocycles. The Kier molecular flexibility index (Phi) is 4.19. The molecule has 4 nitrogen and oxygen atoms in total. The van der Waals surface area contributed by atoms with Crippen molar-refractivity contribution in [1.82, 2.24) is 14.0 Å². The quantitative estimate of drug-likeness (QED) is 0.257. The average molecular weight is 476 g/mol. The molecule has 174 valence electrons. The molecule has 0 amide bonds. The predicted molar refractivity (Wildman–Crippen MR) is 150 cm³/mol. The zero-order valence-electron chi connectivity index (χ0n) is 19.9. The van der Waals surface area contributed by atoms with Crippen LogP contribution in [0.2, 0.25) is 0 Å². The van der Waals surface area contributed by atoms with Crippen LogP contribution >= 0.6 is 0 Å². The molecule has 37 heavy (non-hydrogen) atoms. The van der Waals surface area contributed by atoms with Crippen LogP contribution in [-0.2, 0) is 0 Å². The molecule has 0 aliphatic heterocycles. The van der Waals surface area contributed by atoms with Crippen LogP contribution in [-0.4, -0.2) is 14.0 Å². The highest BCUT2D eigenvalue weighted by atomic mass is 16.3. The molecule has 0 spiro atoms. The van der Waals surface area contributed by atoms with Gasteiger partial charge in [-0.15, -0.1) is 0 Å². The second-order valence-electron chi connectivity index (χ2n) is 9.34. The van der Waals surface area contributed by atoms with Gasteiger partial charge < -0.3 is 8.98 Å². The van der Waals surface area contributed by atoms with Gasteiger partial charge in [-0.2, -0.15) is 4.98 Å². The molecule has 4 heteroatoms. The van der Waals surface area contributed by atoms with Crippen molar-refractivity contribution in [2.45, 2.75) is 0 Å². The zero-order valence-corrected chi connectivity index (χ0v) is 19.9. The van der Waals surface area contributed by atoms with Gasteiger partial charge in [0.2, 0.25) is 0 Å². The highest BCUT2D eigenvalue weighted by molar-refractivity contribution is 6.09. The number of hydrogen-bond acceptors (Lipinski definition) is 2. The molecule has 0 saturated heterocycles. The Hall–Kier alpha value is -5.09. The van der Waals surface area contributed by atoms with E-state index in [4.69, 9.17) is 9.40 Å². The third-order valence-corrected chi connectivity index (χ3v) is 7.26. The van der Waals surface area contributed by atoms with E-state index in [0.29, 0.717) is 5.84 Å². The second kappa shape index (κ2) is 7.70. The second-order valence-corrected chi connectivity index (χ2v) is 9.34. The van der Waals surface area contributed by atoms with E-state index in [1.165, 1.54) is 32.6 Å². The highest BCUT2D eigenvalue weighted by Gasteiger charge is 2.19. The molecule has 8 rings (SSSR count). The molecule has 0 atom stereocenters. The Morgan fingerprint density at radius 2 is 1.24 bits per heavy atom. The Morgan fingerprint density at radius 1 is 0.595 bits per heavy atom. The maximum Gasteiger partial charge on any atom is 0.306 e. The monoisotopic (exact) mass is 475 g/mol. The molecular formula is C33H21N3O. The average Bonchev–Trinajstić information content (AvgIpc) is 3.65. The minimum Gasteiger partial charge on any atom is -0.432 e. The van der Waals surface area contributed by atoms with Crippen LogP contribution in [0.1, 0.15) is 0 Å². The third-order valence-electron chi connectivity index (χ3n) is 7.26. The van der Waals surface area contributed by atoms with Gasteiger partial charge in [0.05, 0.1) is 16.7 Å². The minimum atomic E-state index is 0.588. The van der Waals surface area contributed by atoms with Gasteiger partial charge in [0.25, 0.3) is 0 Å². The van der Waals surface area contributed by atoms with Crippen LogP contribution in [0, 0.1) is 0 Å². The molecule has 0 radical (unpaired) electrons. The molecule has 0 aliphatic carbocycles. The first kappa shape index (κ1) is 20.1. The van der Waals surface area contributed by atoms with Gasteiger partial charge in [0.1, 0.15) is 12.0 Å². The fraction of sp³-hybridized carbons (Fsp3) is 0. The lowest BCUT2D eigenvalue weighted by Gasteiger charge is -2.10. The SMILES string of the molecule is c1ccc2cc(-c3nc4occn4c3-c3ccc(-n4c5ccccc5c5ccccc54)cc3)ccc2c1. The molecule has 0 fully saturated rings. The molecule has 0 bridgehead atoms. The number of para-hydroxylation sites is 2. The molecule has 0 aliphatic rings. The number of benzene rings is 5. The topological polar surface area (TPSA) is 35.4 Å². The number of hydrogen-bond donors (Lipinski definition) is 0. The Labute approximate surface area is 212 Å². The first-order valence-corrected chi connectivity index (χ1v) is 12.4. The lowest BCUT2D eigenvalue weighted by atomic mass is 10.0. The summed E-state index contributed by atoms with van der Waals surface area (Å²) in [6.45, 7) is 0. The van der Waals surface area contributed by atoms with Crippen LogP contribution in [0.5, 0.6) is 0 Å². The minimum absolute atomic E-state index is 0.588. The summed E-state index contributed by atoms with van der Waals surface area (Å²) in [5, 5.41) is 4.93. The van der Waals surface area contributed by atoms with Crippen molar-refractivity contribution in [3.05, 3.63) is 128 Å². The van der Waals surface area contributed by atoms with Gasteiger partial charge in [-0.25, -0.2) is 0 Å². The summed E-state index contributed by atoms with van der Waals surface area (Å²) in [5.74, 6) is 0.588. The van der Waals surface area contributed by atoms with Crippen LogP contribution in [0.3, 0.4) is 0 Å². The Morgan fingerprint density at radius 3 is 2.00 bits per heavy atom. The van der Waals surface area contributed by atoms with E-state index >= 15 is 0 Å².